The quantitative estimate of drug-likeness (QED) is 0.723. The van der Waals surface area contributed by atoms with Crippen LogP contribution >= 0.6 is 0 Å². The van der Waals surface area contributed by atoms with E-state index in [0.29, 0.717) is 18.2 Å². The number of piperazine rings is 1. The summed E-state index contributed by atoms with van der Waals surface area (Å²) < 4.78 is 0. The van der Waals surface area contributed by atoms with Gasteiger partial charge in [0.1, 0.15) is 5.69 Å². The minimum absolute atomic E-state index is 0.131. The molecule has 0 aliphatic carbocycles. The number of benzene rings is 1. The van der Waals surface area contributed by atoms with Crippen LogP contribution in [-0.4, -0.2) is 74.1 Å². The number of aryl methyl sites for hydroxylation is 2. The highest BCUT2D eigenvalue weighted by molar-refractivity contribution is 5.92. The van der Waals surface area contributed by atoms with Crippen molar-refractivity contribution in [2.24, 2.45) is 0 Å². The average molecular weight is 397 g/mol. The molecule has 2 aromatic rings. The Morgan fingerprint density at radius 1 is 1.07 bits per heavy atom. The third-order valence-corrected chi connectivity index (χ3v) is 5.07. The van der Waals surface area contributed by atoms with E-state index in [9.17, 15) is 4.79 Å². The number of amides is 1. The Labute approximate surface area is 173 Å². The molecule has 2 heterocycles. The number of carbonyl (C=O) groups excluding carboxylic acids is 1. The Hall–Kier alpha value is -2.67. The van der Waals surface area contributed by atoms with E-state index < -0.39 is 0 Å². The van der Waals surface area contributed by atoms with Crippen molar-refractivity contribution in [3.8, 4) is 0 Å². The Kier molecular flexibility index (Phi) is 7.04. The highest BCUT2D eigenvalue weighted by Gasteiger charge is 2.21. The van der Waals surface area contributed by atoms with E-state index in [-0.39, 0.29) is 5.91 Å². The second-order valence-corrected chi connectivity index (χ2v) is 7.92. The summed E-state index contributed by atoms with van der Waals surface area (Å²) in [6.07, 6.45) is 0.913. The molecule has 7 heteroatoms. The second kappa shape index (κ2) is 9.69. The predicted molar refractivity (Wildman–Crippen MR) is 118 cm³/mol. The van der Waals surface area contributed by atoms with Gasteiger partial charge in [-0.05, 0) is 64.7 Å². The van der Waals surface area contributed by atoms with Crippen LogP contribution in [0.3, 0.4) is 0 Å². The Morgan fingerprint density at radius 2 is 1.79 bits per heavy atom. The zero-order chi connectivity index (χ0) is 20.8. The largest absolute Gasteiger partial charge is 0.368 e. The van der Waals surface area contributed by atoms with E-state index in [1.807, 2.05) is 21.0 Å². The summed E-state index contributed by atoms with van der Waals surface area (Å²) >= 11 is 0. The highest BCUT2D eigenvalue weighted by atomic mass is 16.1. The van der Waals surface area contributed by atoms with Crippen LogP contribution in [0.4, 0.5) is 11.6 Å². The standard InChI is InChI=1S/C22H32N6O/c1-17-7-5-8-19(15-17)27-11-13-28(14-12-27)22-24-18(2)16-20(25-22)21(29)23-9-6-10-26(3)4/h5,7-8,15-16H,6,9-14H2,1-4H3,(H,23,29). The molecule has 29 heavy (non-hydrogen) atoms. The van der Waals surface area contributed by atoms with Gasteiger partial charge >= 0.3 is 0 Å². The van der Waals surface area contributed by atoms with Crippen LogP contribution in [0.25, 0.3) is 0 Å². The zero-order valence-corrected chi connectivity index (χ0v) is 18.0. The monoisotopic (exact) mass is 396 g/mol. The van der Waals surface area contributed by atoms with Gasteiger partial charge in [0, 0.05) is 44.1 Å². The molecule has 0 saturated carbocycles. The average Bonchev–Trinajstić information content (AvgIpc) is 2.70. The number of hydrogen-bond acceptors (Lipinski definition) is 6. The summed E-state index contributed by atoms with van der Waals surface area (Å²) in [5.74, 6) is 0.515. The number of nitrogens with one attached hydrogen (secondary N) is 1. The van der Waals surface area contributed by atoms with Crippen molar-refractivity contribution >= 4 is 17.5 Å². The van der Waals surface area contributed by atoms with Gasteiger partial charge in [-0.2, -0.15) is 0 Å². The van der Waals surface area contributed by atoms with E-state index in [0.717, 1.165) is 44.8 Å². The van der Waals surface area contributed by atoms with Crippen molar-refractivity contribution in [1.82, 2.24) is 20.2 Å². The van der Waals surface area contributed by atoms with Gasteiger partial charge in [-0.1, -0.05) is 12.1 Å². The van der Waals surface area contributed by atoms with Crippen LogP contribution < -0.4 is 15.1 Å². The fraction of sp³-hybridized carbons (Fsp3) is 0.500. The number of carbonyl (C=O) groups is 1. The van der Waals surface area contributed by atoms with Crippen molar-refractivity contribution in [3.63, 3.8) is 0 Å². The van der Waals surface area contributed by atoms with Gasteiger partial charge < -0.3 is 20.0 Å². The molecule has 1 saturated heterocycles. The summed E-state index contributed by atoms with van der Waals surface area (Å²) in [7, 11) is 4.06. The topological polar surface area (TPSA) is 64.6 Å². The Balaban J connectivity index is 1.60. The fourth-order valence-electron chi connectivity index (χ4n) is 3.49. The third kappa shape index (κ3) is 5.90. The lowest BCUT2D eigenvalue weighted by molar-refractivity contribution is 0.0947. The molecule has 1 aromatic carbocycles. The lowest BCUT2D eigenvalue weighted by atomic mass is 10.2. The minimum atomic E-state index is -0.131. The molecule has 1 aromatic heterocycles. The van der Waals surface area contributed by atoms with Gasteiger partial charge in [0.25, 0.3) is 5.91 Å². The lowest BCUT2D eigenvalue weighted by Gasteiger charge is -2.36. The van der Waals surface area contributed by atoms with E-state index in [4.69, 9.17) is 0 Å². The van der Waals surface area contributed by atoms with Gasteiger partial charge in [0.05, 0.1) is 0 Å². The minimum Gasteiger partial charge on any atom is -0.368 e. The van der Waals surface area contributed by atoms with Crippen LogP contribution in [0.15, 0.2) is 30.3 Å². The number of nitrogens with zero attached hydrogens (tertiary/aromatic N) is 5. The van der Waals surface area contributed by atoms with E-state index in [1.54, 1.807) is 6.07 Å². The highest BCUT2D eigenvalue weighted by Crippen LogP contribution is 2.20. The van der Waals surface area contributed by atoms with Gasteiger partial charge in [-0.3, -0.25) is 4.79 Å². The normalized spacial score (nSPS) is 14.4. The molecule has 0 bridgehead atoms. The van der Waals surface area contributed by atoms with E-state index in [1.165, 1.54) is 11.3 Å². The van der Waals surface area contributed by atoms with Crippen molar-refractivity contribution in [3.05, 3.63) is 47.3 Å². The molecular formula is C22H32N6O. The third-order valence-electron chi connectivity index (χ3n) is 5.07. The zero-order valence-electron chi connectivity index (χ0n) is 18.0. The molecule has 1 aliphatic heterocycles. The molecule has 0 atom stereocenters. The second-order valence-electron chi connectivity index (χ2n) is 7.92. The summed E-state index contributed by atoms with van der Waals surface area (Å²) in [4.78, 5) is 28.3. The Bertz CT molecular complexity index is 830. The number of hydrogen-bond donors (Lipinski definition) is 1. The van der Waals surface area contributed by atoms with E-state index >= 15 is 0 Å². The van der Waals surface area contributed by atoms with Crippen LogP contribution in [0.5, 0.6) is 0 Å². The molecule has 1 N–H and O–H groups in total. The summed E-state index contributed by atoms with van der Waals surface area (Å²) in [5.41, 5.74) is 3.79. The molecule has 3 rings (SSSR count). The first-order valence-electron chi connectivity index (χ1n) is 10.3. The maximum absolute atomic E-state index is 12.5. The molecule has 1 aliphatic rings. The first kappa shape index (κ1) is 21.0. The lowest BCUT2D eigenvalue weighted by Crippen LogP contribution is -2.47. The first-order valence-corrected chi connectivity index (χ1v) is 10.3. The SMILES string of the molecule is Cc1cccc(N2CCN(c3nc(C)cc(C(=O)NCCCN(C)C)n3)CC2)c1. The predicted octanol–water partition coefficient (Wildman–Crippen LogP) is 2.10. The maximum Gasteiger partial charge on any atom is 0.270 e. The summed E-state index contributed by atoms with van der Waals surface area (Å²) in [6.45, 7) is 9.11. The van der Waals surface area contributed by atoms with Crippen LogP contribution in [0.2, 0.25) is 0 Å². The molecule has 0 unspecified atom stereocenters. The Morgan fingerprint density at radius 3 is 2.48 bits per heavy atom. The molecular weight excluding hydrogens is 364 g/mol. The van der Waals surface area contributed by atoms with Crippen molar-refractivity contribution in [1.29, 1.82) is 0 Å². The van der Waals surface area contributed by atoms with Crippen molar-refractivity contribution in [2.75, 3.05) is 63.2 Å². The molecule has 0 radical (unpaired) electrons. The molecule has 1 amide bonds. The van der Waals surface area contributed by atoms with Gasteiger partial charge in [0.2, 0.25) is 5.95 Å². The van der Waals surface area contributed by atoms with E-state index in [2.05, 4.69) is 61.2 Å². The summed E-state index contributed by atoms with van der Waals surface area (Å²) in [6, 6.07) is 10.4. The summed E-state index contributed by atoms with van der Waals surface area (Å²) in [5, 5.41) is 2.96. The smallest absolute Gasteiger partial charge is 0.270 e. The van der Waals surface area contributed by atoms with Crippen LogP contribution in [0, 0.1) is 13.8 Å². The molecule has 1 fully saturated rings. The molecule has 156 valence electrons. The number of rotatable bonds is 7. The van der Waals surface area contributed by atoms with Crippen LogP contribution in [0.1, 0.15) is 28.2 Å². The van der Waals surface area contributed by atoms with Crippen LogP contribution in [-0.2, 0) is 0 Å². The number of anilines is 2. The first-order chi connectivity index (χ1) is 13.9. The van der Waals surface area contributed by atoms with Crippen molar-refractivity contribution < 1.29 is 4.79 Å². The van der Waals surface area contributed by atoms with Gasteiger partial charge in [-0.25, -0.2) is 9.97 Å². The maximum atomic E-state index is 12.5. The molecule has 0 spiro atoms. The van der Waals surface area contributed by atoms with Gasteiger partial charge in [-0.15, -0.1) is 0 Å². The number of aromatic nitrogens is 2. The molecule has 7 nitrogen and oxygen atoms in total. The van der Waals surface area contributed by atoms with Crippen molar-refractivity contribution in [2.45, 2.75) is 20.3 Å². The van der Waals surface area contributed by atoms with Gasteiger partial charge in [0.15, 0.2) is 0 Å². The fourth-order valence-corrected chi connectivity index (χ4v) is 3.49.